The van der Waals surface area contributed by atoms with Crippen molar-refractivity contribution in [2.75, 3.05) is 26.2 Å². The molecule has 1 aliphatic rings. The Morgan fingerprint density at radius 1 is 1.17 bits per heavy atom. The summed E-state index contributed by atoms with van der Waals surface area (Å²) >= 11 is 0. The Labute approximate surface area is 149 Å². The molecule has 3 rings (SSSR count). The summed E-state index contributed by atoms with van der Waals surface area (Å²) in [4.78, 5) is 14.9. The lowest BCUT2D eigenvalue weighted by Crippen LogP contribution is -2.37. The van der Waals surface area contributed by atoms with Crippen molar-refractivity contribution in [2.45, 2.75) is 39.2 Å². The first-order chi connectivity index (χ1) is 11.3. The van der Waals surface area contributed by atoms with Crippen molar-refractivity contribution in [3.8, 4) is 0 Å². The lowest BCUT2D eigenvalue weighted by molar-refractivity contribution is 0.0942. The van der Waals surface area contributed by atoms with E-state index in [4.69, 9.17) is 0 Å². The van der Waals surface area contributed by atoms with Crippen LogP contribution in [-0.4, -0.2) is 46.8 Å². The number of benzene rings is 1. The fourth-order valence-electron chi connectivity index (χ4n) is 3.27. The maximum atomic E-state index is 12.5. The number of fused-ring (bicyclic) bond motifs is 1. The number of carbonyl (C=O) groups excluding carboxylic acids is 1. The van der Waals surface area contributed by atoms with E-state index >= 15 is 0 Å². The molecule has 6 heteroatoms. The summed E-state index contributed by atoms with van der Waals surface area (Å²) in [5.74, 6) is -0.0620. The van der Waals surface area contributed by atoms with E-state index in [1.807, 2.05) is 28.9 Å². The molecule has 0 radical (unpaired) electrons. The Morgan fingerprint density at radius 2 is 1.92 bits per heavy atom. The summed E-state index contributed by atoms with van der Waals surface area (Å²) in [6.07, 6.45) is 4.89. The molecule has 1 aromatic heterocycles. The highest BCUT2D eigenvalue weighted by Crippen LogP contribution is 2.18. The second kappa shape index (κ2) is 9.04. The molecule has 2 heterocycles. The van der Waals surface area contributed by atoms with Crippen LogP contribution in [0.2, 0.25) is 0 Å². The molecule has 0 saturated carbocycles. The Morgan fingerprint density at radius 3 is 2.67 bits per heavy atom. The summed E-state index contributed by atoms with van der Waals surface area (Å²) in [5.41, 5.74) is 1.59. The first kappa shape index (κ1) is 18.7. The van der Waals surface area contributed by atoms with Crippen LogP contribution in [0, 0.1) is 0 Å². The zero-order valence-electron chi connectivity index (χ0n) is 14.3. The van der Waals surface area contributed by atoms with Crippen LogP contribution in [0.4, 0.5) is 0 Å². The number of aromatic nitrogens is 2. The lowest BCUT2D eigenvalue weighted by Gasteiger charge is -2.26. The predicted molar refractivity (Wildman–Crippen MR) is 99.9 cm³/mol. The Hall–Kier alpha value is -1.59. The van der Waals surface area contributed by atoms with Crippen molar-refractivity contribution in [2.24, 2.45) is 0 Å². The predicted octanol–water partition coefficient (Wildman–Crippen LogP) is 3.08. The third kappa shape index (κ3) is 4.28. The molecule has 1 fully saturated rings. The van der Waals surface area contributed by atoms with Crippen LogP contribution in [0.1, 0.15) is 43.1 Å². The fraction of sp³-hybridized carbons (Fsp3) is 0.556. The maximum absolute atomic E-state index is 12.5. The van der Waals surface area contributed by atoms with Crippen molar-refractivity contribution in [3.63, 3.8) is 0 Å². The molecular weight excluding hydrogens is 324 g/mol. The van der Waals surface area contributed by atoms with Crippen molar-refractivity contribution < 1.29 is 4.79 Å². The number of halogens is 1. The van der Waals surface area contributed by atoms with Gasteiger partial charge in [0.2, 0.25) is 0 Å². The molecule has 0 spiro atoms. The number of piperidine rings is 1. The van der Waals surface area contributed by atoms with E-state index in [1.165, 1.54) is 19.3 Å². The molecule has 1 aromatic carbocycles. The van der Waals surface area contributed by atoms with Gasteiger partial charge in [0.1, 0.15) is 0 Å². The van der Waals surface area contributed by atoms with Gasteiger partial charge in [0.25, 0.3) is 5.91 Å². The fourth-order valence-corrected chi connectivity index (χ4v) is 3.27. The third-order valence-electron chi connectivity index (χ3n) is 4.47. The molecule has 1 amide bonds. The summed E-state index contributed by atoms with van der Waals surface area (Å²) < 4.78 is 1.94. The minimum atomic E-state index is -0.0620. The SMILES string of the molecule is CCCn1nc(C(=O)NCCN2CCCCC2)c2ccccc21.Cl. The number of rotatable bonds is 6. The summed E-state index contributed by atoms with van der Waals surface area (Å²) in [6, 6.07) is 7.97. The van der Waals surface area contributed by atoms with Crippen LogP contribution in [0.25, 0.3) is 10.9 Å². The van der Waals surface area contributed by atoms with Crippen molar-refractivity contribution >= 4 is 29.2 Å². The number of amides is 1. The van der Waals surface area contributed by atoms with E-state index in [1.54, 1.807) is 0 Å². The largest absolute Gasteiger partial charge is 0.349 e. The molecule has 24 heavy (non-hydrogen) atoms. The second-order valence-electron chi connectivity index (χ2n) is 6.25. The number of carbonyl (C=O) groups is 1. The monoisotopic (exact) mass is 350 g/mol. The molecular formula is C18H27ClN4O. The van der Waals surface area contributed by atoms with Crippen molar-refractivity contribution in [3.05, 3.63) is 30.0 Å². The van der Waals surface area contributed by atoms with Gasteiger partial charge in [-0.25, -0.2) is 0 Å². The molecule has 132 valence electrons. The molecule has 2 aromatic rings. The van der Waals surface area contributed by atoms with E-state index in [2.05, 4.69) is 22.2 Å². The van der Waals surface area contributed by atoms with Gasteiger partial charge >= 0.3 is 0 Å². The van der Waals surface area contributed by atoms with Gasteiger partial charge in [0.15, 0.2) is 5.69 Å². The number of nitrogens with zero attached hydrogens (tertiary/aromatic N) is 3. The zero-order chi connectivity index (χ0) is 16.1. The maximum Gasteiger partial charge on any atom is 0.272 e. The van der Waals surface area contributed by atoms with Gasteiger partial charge in [-0.1, -0.05) is 31.5 Å². The van der Waals surface area contributed by atoms with E-state index in [9.17, 15) is 4.79 Å². The summed E-state index contributed by atoms with van der Waals surface area (Å²) in [7, 11) is 0. The second-order valence-corrected chi connectivity index (χ2v) is 6.25. The van der Waals surface area contributed by atoms with Crippen molar-refractivity contribution in [1.29, 1.82) is 0 Å². The molecule has 0 unspecified atom stereocenters. The number of likely N-dealkylation sites (tertiary alicyclic amines) is 1. The topological polar surface area (TPSA) is 50.2 Å². The van der Waals surface area contributed by atoms with Crippen molar-refractivity contribution in [1.82, 2.24) is 20.0 Å². The summed E-state index contributed by atoms with van der Waals surface area (Å²) in [6.45, 7) is 6.89. The average molecular weight is 351 g/mol. The third-order valence-corrected chi connectivity index (χ3v) is 4.47. The highest BCUT2D eigenvalue weighted by molar-refractivity contribution is 6.04. The van der Waals surface area contributed by atoms with Gasteiger partial charge in [-0.05, 0) is 38.4 Å². The molecule has 0 bridgehead atoms. The normalized spacial score (nSPS) is 15.2. The Bertz CT molecular complexity index is 664. The van der Waals surface area contributed by atoms with Crippen LogP contribution in [0.15, 0.2) is 24.3 Å². The first-order valence-corrected chi connectivity index (χ1v) is 8.75. The number of nitrogens with one attached hydrogen (secondary N) is 1. The standard InChI is InChI=1S/C18H26N4O.ClH/c1-2-11-22-16-9-5-4-8-15(16)17(20-22)18(23)19-10-14-21-12-6-3-7-13-21;/h4-5,8-9H,2-3,6-7,10-14H2,1H3,(H,19,23);1H. The molecule has 5 nitrogen and oxygen atoms in total. The van der Waals surface area contributed by atoms with Crippen LogP contribution in [-0.2, 0) is 6.54 Å². The van der Waals surface area contributed by atoms with Gasteiger partial charge < -0.3 is 10.2 Å². The zero-order valence-corrected chi connectivity index (χ0v) is 15.1. The van der Waals surface area contributed by atoms with Gasteiger partial charge in [-0.15, -0.1) is 12.4 Å². The van der Waals surface area contributed by atoms with Gasteiger partial charge in [0, 0.05) is 25.0 Å². The minimum absolute atomic E-state index is 0. The molecule has 0 aliphatic carbocycles. The Balaban J connectivity index is 0.00000208. The van der Waals surface area contributed by atoms with Gasteiger partial charge in [0.05, 0.1) is 5.52 Å². The molecule has 1 aliphatic heterocycles. The number of hydrogen-bond donors (Lipinski definition) is 1. The smallest absolute Gasteiger partial charge is 0.272 e. The van der Waals surface area contributed by atoms with E-state index in [0.717, 1.165) is 43.5 Å². The van der Waals surface area contributed by atoms with Crippen LogP contribution in [0.5, 0.6) is 0 Å². The van der Waals surface area contributed by atoms with Crippen LogP contribution >= 0.6 is 12.4 Å². The number of para-hydroxylation sites is 1. The lowest BCUT2D eigenvalue weighted by atomic mass is 10.1. The number of aryl methyl sites for hydroxylation is 1. The average Bonchev–Trinajstić information content (AvgIpc) is 2.95. The Kier molecular flexibility index (Phi) is 7.06. The minimum Gasteiger partial charge on any atom is -0.349 e. The summed E-state index contributed by atoms with van der Waals surface area (Å²) in [5, 5.41) is 8.51. The van der Waals surface area contributed by atoms with Gasteiger partial charge in [-0.2, -0.15) is 5.10 Å². The van der Waals surface area contributed by atoms with E-state index in [-0.39, 0.29) is 18.3 Å². The number of hydrogen-bond acceptors (Lipinski definition) is 3. The van der Waals surface area contributed by atoms with Crippen LogP contribution in [0.3, 0.4) is 0 Å². The van der Waals surface area contributed by atoms with E-state index < -0.39 is 0 Å². The molecule has 1 N–H and O–H groups in total. The quantitative estimate of drug-likeness (QED) is 0.871. The molecule has 0 atom stereocenters. The van der Waals surface area contributed by atoms with Crippen LogP contribution < -0.4 is 5.32 Å². The van der Waals surface area contributed by atoms with E-state index in [0.29, 0.717) is 12.2 Å². The highest BCUT2D eigenvalue weighted by Gasteiger charge is 2.17. The molecule has 1 saturated heterocycles. The van der Waals surface area contributed by atoms with Gasteiger partial charge in [-0.3, -0.25) is 9.48 Å². The highest BCUT2D eigenvalue weighted by atomic mass is 35.5. The first-order valence-electron chi connectivity index (χ1n) is 8.75.